The van der Waals surface area contributed by atoms with Crippen molar-refractivity contribution in [3.63, 3.8) is 0 Å². The lowest BCUT2D eigenvalue weighted by atomic mass is 10.1. The van der Waals surface area contributed by atoms with Gasteiger partial charge in [0.05, 0.1) is 5.56 Å². The average Bonchev–Trinajstić information content (AvgIpc) is 2.85. The molecular formula is C28H34F4N2O6. The zero-order chi connectivity index (χ0) is 29.9. The van der Waals surface area contributed by atoms with Gasteiger partial charge in [0.1, 0.15) is 30.7 Å². The number of alkyl halides is 4. The number of halogens is 4. The van der Waals surface area contributed by atoms with E-state index in [9.17, 15) is 31.9 Å². The van der Waals surface area contributed by atoms with Crippen LogP contribution in [0.3, 0.4) is 0 Å². The zero-order valence-electron chi connectivity index (χ0n) is 22.6. The molecule has 0 aromatic heterocycles. The zero-order valence-corrected chi connectivity index (χ0v) is 22.6. The smallest absolute Gasteiger partial charge is 0.416 e. The van der Waals surface area contributed by atoms with Gasteiger partial charge >= 0.3 is 18.2 Å². The first kappa shape index (κ1) is 32.4. The van der Waals surface area contributed by atoms with E-state index in [1.54, 1.807) is 45.0 Å². The van der Waals surface area contributed by atoms with Gasteiger partial charge < -0.3 is 25.3 Å². The summed E-state index contributed by atoms with van der Waals surface area (Å²) >= 11 is 0. The minimum atomic E-state index is -4.41. The molecule has 0 fully saturated rings. The van der Waals surface area contributed by atoms with Crippen molar-refractivity contribution in [3.8, 4) is 5.75 Å². The highest BCUT2D eigenvalue weighted by Gasteiger charge is 2.30. The fraction of sp³-hybridized carbons (Fsp3) is 0.464. The molecule has 3 N–H and O–H groups in total. The van der Waals surface area contributed by atoms with Crippen LogP contribution in [0.15, 0.2) is 48.5 Å². The summed E-state index contributed by atoms with van der Waals surface area (Å²) in [5, 5.41) is 2.44. The van der Waals surface area contributed by atoms with Gasteiger partial charge in [0.25, 0.3) is 0 Å². The number of amides is 2. The SMILES string of the molecule is CC(C)(C)OC(=O)N[C@@H](Cc1ccc(OCC(CF)OC(=O)CCCc2ccc(C(F)(F)F)cc2)cc1)C(N)=O. The number of ether oxygens (including phenoxy) is 3. The molecular weight excluding hydrogens is 536 g/mol. The summed E-state index contributed by atoms with van der Waals surface area (Å²) in [5.74, 6) is -1.03. The average molecular weight is 571 g/mol. The molecule has 0 radical (unpaired) electrons. The molecule has 0 bridgehead atoms. The van der Waals surface area contributed by atoms with Crippen molar-refractivity contribution in [2.75, 3.05) is 13.3 Å². The van der Waals surface area contributed by atoms with Crippen LogP contribution < -0.4 is 15.8 Å². The monoisotopic (exact) mass is 570 g/mol. The van der Waals surface area contributed by atoms with Gasteiger partial charge in [-0.1, -0.05) is 24.3 Å². The minimum Gasteiger partial charge on any atom is -0.490 e. The molecule has 0 aliphatic rings. The molecule has 40 heavy (non-hydrogen) atoms. The molecule has 0 aliphatic heterocycles. The molecule has 2 rings (SSSR count). The minimum absolute atomic E-state index is 0.0371. The molecule has 220 valence electrons. The van der Waals surface area contributed by atoms with Crippen molar-refractivity contribution < 1.29 is 46.2 Å². The first-order valence-electron chi connectivity index (χ1n) is 12.6. The van der Waals surface area contributed by atoms with Crippen molar-refractivity contribution in [3.05, 3.63) is 65.2 Å². The first-order valence-corrected chi connectivity index (χ1v) is 12.6. The molecule has 0 aliphatic carbocycles. The summed E-state index contributed by atoms with van der Waals surface area (Å²) < 4.78 is 67.1. The van der Waals surface area contributed by atoms with E-state index in [-0.39, 0.29) is 19.4 Å². The molecule has 1 unspecified atom stereocenters. The number of nitrogens with two attached hydrogens (primary N) is 1. The number of rotatable bonds is 13. The van der Waals surface area contributed by atoms with Gasteiger partial charge in [0.2, 0.25) is 5.91 Å². The van der Waals surface area contributed by atoms with Gasteiger partial charge in [-0.05, 0) is 69.0 Å². The van der Waals surface area contributed by atoms with Crippen LogP contribution in [0.1, 0.15) is 50.3 Å². The summed E-state index contributed by atoms with van der Waals surface area (Å²) in [6.45, 7) is 3.84. The van der Waals surface area contributed by atoms with E-state index in [1.807, 2.05) is 0 Å². The van der Waals surface area contributed by atoms with E-state index in [4.69, 9.17) is 19.9 Å². The quantitative estimate of drug-likeness (QED) is 0.261. The molecule has 12 heteroatoms. The van der Waals surface area contributed by atoms with Crippen LogP contribution >= 0.6 is 0 Å². The predicted octanol–water partition coefficient (Wildman–Crippen LogP) is 4.91. The molecule has 0 saturated carbocycles. The van der Waals surface area contributed by atoms with Crippen molar-refractivity contribution in [2.24, 2.45) is 5.73 Å². The van der Waals surface area contributed by atoms with Crippen LogP contribution in [0, 0.1) is 0 Å². The number of aryl methyl sites for hydroxylation is 1. The van der Waals surface area contributed by atoms with Gasteiger partial charge in [-0.2, -0.15) is 13.2 Å². The molecule has 0 heterocycles. The number of primary amides is 1. The maximum atomic E-state index is 13.4. The van der Waals surface area contributed by atoms with Crippen LogP contribution in [-0.4, -0.2) is 49.0 Å². The third-order valence-corrected chi connectivity index (χ3v) is 5.43. The second-order valence-corrected chi connectivity index (χ2v) is 10.1. The number of hydrogen-bond acceptors (Lipinski definition) is 6. The van der Waals surface area contributed by atoms with Gasteiger partial charge in [0, 0.05) is 12.8 Å². The van der Waals surface area contributed by atoms with Gasteiger partial charge in [-0.25, -0.2) is 9.18 Å². The number of benzene rings is 2. The molecule has 0 spiro atoms. The summed E-state index contributed by atoms with van der Waals surface area (Å²) in [6.07, 6.45) is -5.59. The fourth-order valence-electron chi connectivity index (χ4n) is 3.47. The van der Waals surface area contributed by atoms with Crippen LogP contribution in [-0.2, 0) is 38.1 Å². The van der Waals surface area contributed by atoms with Crippen LogP contribution in [0.2, 0.25) is 0 Å². The second kappa shape index (κ2) is 14.5. The molecule has 2 aromatic rings. The highest BCUT2D eigenvalue weighted by atomic mass is 19.4. The van der Waals surface area contributed by atoms with Crippen molar-refractivity contribution in [2.45, 2.75) is 70.4 Å². The number of carbonyl (C=O) groups excluding carboxylic acids is 3. The second-order valence-electron chi connectivity index (χ2n) is 10.1. The molecule has 8 nitrogen and oxygen atoms in total. The third kappa shape index (κ3) is 11.9. The Morgan fingerprint density at radius 3 is 2.08 bits per heavy atom. The Kier molecular flexibility index (Phi) is 11.8. The topological polar surface area (TPSA) is 117 Å². The van der Waals surface area contributed by atoms with Crippen molar-refractivity contribution in [1.29, 1.82) is 0 Å². The van der Waals surface area contributed by atoms with E-state index < -0.39 is 54.1 Å². The number of esters is 1. The van der Waals surface area contributed by atoms with E-state index in [0.29, 0.717) is 29.7 Å². The Balaban J connectivity index is 1.78. The van der Waals surface area contributed by atoms with E-state index in [0.717, 1.165) is 12.1 Å². The lowest BCUT2D eigenvalue weighted by molar-refractivity contribution is -0.151. The summed E-state index contributed by atoms with van der Waals surface area (Å²) in [4.78, 5) is 35.8. The predicted molar refractivity (Wildman–Crippen MR) is 138 cm³/mol. The normalized spacial score (nSPS) is 13.2. The van der Waals surface area contributed by atoms with Crippen LogP contribution in [0.5, 0.6) is 5.75 Å². The number of alkyl carbamates (subject to hydrolysis) is 1. The van der Waals surface area contributed by atoms with Gasteiger partial charge in [-0.3, -0.25) is 9.59 Å². The number of carbonyl (C=O) groups is 3. The Bertz CT molecular complexity index is 1120. The van der Waals surface area contributed by atoms with E-state index in [1.165, 1.54) is 12.1 Å². The number of hydrogen-bond donors (Lipinski definition) is 2. The Labute approximate surface area is 230 Å². The molecule has 2 atom stereocenters. The molecule has 0 saturated heterocycles. The van der Waals surface area contributed by atoms with Crippen molar-refractivity contribution >= 4 is 18.0 Å². The van der Waals surface area contributed by atoms with E-state index >= 15 is 0 Å². The molecule has 2 amide bonds. The Morgan fingerprint density at radius 1 is 0.950 bits per heavy atom. The highest BCUT2D eigenvalue weighted by molar-refractivity contribution is 5.84. The van der Waals surface area contributed by atoms with Crippen molar-refractivity contribution in [1.82, 2.24) is 5.32 Å². The summed E-state index contributed by atoms with van der Waals surface area (Å²) in [6, 6.07) is 10.1. The maximum Gasteiger partial charge on any atom is 0.416 e. The Morgan fingerprint density at radius 2 is 1.55 bits per heavy atom. The lowest BCUT2D eigenvalue weighted by Gasteiger charge is -2.22. The highest BCUT2D eigenvalue weighted by Crippen LogP contribution is 2.29. The maximum absolute atomic E-state index is 13.4. The first-order chi connectivity index (χ1) is 18.7. The van der Waals surface area contributed by atoms with E-state index in [2.05, 4.69) is 5.32 Å². The summed E-state index contributed by atoms with van der Waals surface area (Å²) in [5.41, 5.74) is 5.20. The Hall–Kier alpha value is -3.83. The third-order valence-electron chi connectivity index (χ3n) is 5.43. The molecule has 2 aromatic carbocycles. The van der Waals surface area contributed by atoms with Gasteiger partial charge in [-0.15, -0.1) is 0 Å². The van der Waals surface area contributed by atoms with Gasteiger partial charge in [0.15, 0.2) is 6.10 Å². The number of nitrogens with one attached hydrogen (secondary N) is 1. The van der Waals surface area contributed by atoms with Crippen LogP contribution in [0.4, 0.5) is 22.4 Å². The lowest BCUT2D eigenvalue weighted by Crippen LogP contribution is -2.47. The largest absolute Gasteiger partial charge is 0.490 e. The fourth-order valence-corrected chi connectivity index (χ4v) is 3.47. The van der Waals surface area contributed by atoms with Crippen LogP contribution in [0.25, 0.3) is 0 Å². The standard InChI is InChI=1S/C28H34F4N2O6/c1-27(2,3)40-26(37)34-23(25(33)36)15-19-9-13-21(14-10-19)38-17-22(16-29)39-24(35)6-4-5-18-7-11-20(12-8-18)28(30,31)32/h7-14,22-23H,4-6,15-17H2,1-3H3,(H2,33,36)(H,34,37)/t22?,23-/m0/s1. The summed E-state index contributed by atoms with van der Waals surface area (Å²) in [7, 11) is 0.